The molecule has 0 amide bonds. The molecule has 0 bridgehead atoms. The number of thioether (sulfide) groups is 1. The number of thiophene rings is 1. The quantitative estimate of drug-likeness (QED) is 0.620. The Hall–Kier alpha value is -1.38. The first-order valence-electron chi connectivity index (χ1n) is 6.46. The summed E-state index contributed by atoms with van der Waals surface area (Å²) in [5.41, 5.74) is -0.152. The Bertz CT molecular complexity index is 695. The summed E-state index contributed by atoms with van der Waals surface area (Å²) < 4.78 is 6.89. The van der Waals surface area contributed by atoms with Crippen molar-refractivity contribution in [3.63, 3.8) is 0 Å². The van der Waals surface area contributed by atoms with E-state index >= 15 is 0 Å². The molecular formula is C13H16N2O4S2. The Morgan fingerprint density at radius 3 is 3.05 bits per heavy atom. The molecule has 0 saturated carbocycles. The van der Waals surface area contributed by atoms with Gasteiger partial charge >= 0.3 is 5.97 Å². The van der Waals surface area contributed by atoms with E-state index in [0.29, 0.717) is 28.6 Å². The molecule has 0 fully saturated rings. The van der Waals surface area contributed by atoms with Crippen molar-refractivity contribution >= 4 is 39.3 Å². The number of carboxylic acid groups (broad SMARTS) is 1. The van der Waals surface area contributed by atoms with Gasteiger partial charge in [-0.3, -0.25) is 14.2 Å². The van der Waals surface area contributed by atoms with Gasteiger partial charge < -0.3 is 9.84 Å². The average molecular weight is 328 g/mol. The minimum Gasteiger partial charge on any atom is -0.481 e. The third-order valence-electron chi connectivity index (χ3n) is 2.83. The molecule has 2 aromatic heterocycles. The smallest absolute Gasteiger partial charge is 0.313 e. The molecule has 0 aliphatic carbocycles. The van der Waals surface area contributed by atoms with Crippen molar-refractivity contribution < 1.29 is 14.6 Å². The highest BCUT2D eigenvalue weighted by molar-refractivity contribution is 7.99. The fourth-order valence-electron chi connectivity index (χ4n) is 1.89. The summed E-state index contributed by atoms with van der Waals surface area (Å²) in [5, 5.41) is 11.6. The van der Waals surface area contributed by atoms with Gasteiger partial charge in [-0.1, -0.05) is 11.8 Å². The number of nitrogens with zero attached hydrogens (tertiary/aromatic N) is 2. The predicted octanol–water partition coefficient (Wildman–Crippen LogP) is 2.23. The molecule has 1 N–H and O–H groups in total. The standard InChI is InChI=1S/C13H16N2O4S2/c1-3-19-6-8(2)15-12(18)9-4-5-20-11(9)14-13(15)21-7-10(16)17/h4-5,8H,3,6-7H2,1-2H3,(H,16,17). The monoisotopic (exact) mass is 328 g/mol. The molecule has 2 rings (SSSR count). The molecule has 2 heterocycles. The molecule has 8 heteroatoms. The zero-order chi connectivity index (χ0) is 15.4. The first-order chi connectivity index (χ1) is 10.0. The average Bonchev–Trinajstić information content (AvgIpc) is 2.91. The fraction of sp³-hybridized carbons (Fsp3) is 0.462. The van der Waals surface area contributed by atoms with Crippen LogP contribution in [0.15, 0.2) is 21.4 Å². The molecule has 1 unspecified atom stereocenters. The van der Waals surface area contributed by atoms with Gasteiger partial charge in [0.2, 0.25) is 0 Å². The molecule has 0 aliphatic rings. The second-order valence-corrected chi connectivity index (χ2v) is 6.24. The van der Waals surface area contributed by atoms with Crippen molar-refractivity contribution in [2.45, 2.75) is 25.0 Å². The lowest BCUT2D eigenvalue weighted by atomic mass is 10.3. The van der Waals surface area contributed by atoms with Crippen molar-refractivity contribution in [2.75, 3.05) is 19.0 Å². The van der Waals surface area contributed by atoms with E-state index in [0.717, 1.165) is 11.8 Å². The molecular weight excluding hydrogens is 312 g/mol. The van der Waals surface area contributed by atoms with E-state index in [1.807, 2.05) is 19.2 Å². The van der Waals surface area contributed by atoms with Gasteiger partial charge in [-0.25, -0.2) is 4.98 Å². The molecule has 6 nitrogen and oxygen atoms in total. The van der Waals surface area contributed by atoms with E-state index in [2.05, 4.69) is 4.98 Å². The van der Waals surface area contributed by atoms with E-state index in [9.17, 15) is 9.59 Å². The van der Waals surface area contributed by atoms with Crippen LogP contribution in [0.1, 0.15) is 19.9 Å². The van der Waals surface area contributed by atoms with E-state index in [4.69, 9.17) is 9.84 Å². The highest BCUT2D eigenvalue weighted by atomic mass is 32.2. The fourth-order valence-corrected chi connectivity index (χ4v) is 3.51. The summed E-state index contributed by atoms with van der Waals surface area (Å²) in [4.78, 5) is 28.4. The lowest BCUT2D eigenvalue weighted by molar-refractivity contribution is -0.133. The first-order valence-corrected chi connectivity index (χ1v) is 8.33. The molecule has 1 atom stereocenters. The van der Waals surface area contributed by atoms with Crippen LogP contribution in [0.25, 0.3) is 10.2 Å². The number of aromatic nitrogens is 2. The van der Waals surface area contributed by atoms with Gasteiger partial charge in [-0.2, -0.15) is 0 Å². The highest BCUT2D eigenvalue weighted by Gasteiger charge is 2.18. The number of carboxylic acids is 1. The molecule has 114 valence electrons. The zero-order valence-corrected chi connectivity index (χ0v) is 13.4. The maximum Gasteiger partial charge on any atom is 0.313 e. The van der Waals surface area contributed by atoms with Crippen LogP contribution in [-0.2, 0) is 9.53 Å². The van der Waals surface area contributed by atoms with Crippen molar-refractivity contribution in [2.24, 2.45) is 0 Å². The van der Waals surface area contributed by atoms with Gasteiger partial charge in [-0.15, -0.1) is 11.3 Å². The van der Waals surface area contributed by atoms with Crippen LogP contribution in [0.5, 0.6) is 0 Å². The van der Waals surface area contributed by atoms with Crippen molar-refractivity contribution in [1.29, 1.82) is 0 Å². The van der Waals surface area contributed by atoms with Crippen LogP contribution in [-0.4, -0.2) is 39.6 Å². The normalized spacial score (nSPS) is 12.7. The molecule has 0 radical (unpaired) electrons. The third-order valence-corrected chi connectivity index (χ3v) is 4.57. The van der Waals surface area contributed by atoms with Gasteiger partial charge in [0, 0.05) is 6.61 Å². The Kier molecular flexibility index (Phi) is 5.38. The maximum absolute atomic E-state index is 12.6. The van der Waals surface area contributed by atoms with E-state index in [-0.39, 0.29) is 17.4 Å². The van der Waals surface area contributed by atoms with Crippen LogP contribution < -0.4 is 5.56 Å². The van der Waals surface area contributed by atoms with Crippen molar-refractivity contribution in [3.05, 3.63) is 21.8 Å². The lowest BCUT2D eigenvalue weighted by Crippen LogP contribution is -2.28. The number of rotatable bonds is 7. The lowest BCUT2D eigenvalue weighted by Gasteiger charge is -2.18. The summed E-state index contributed by atoms with van der Waals surface area (Å²) in [7, 11) is 0. The van der Waals surface area contributed by atoms with Crippen LogP contribution in [0.3, 0.4) is 0 Å². The Morgan fingerprint density at radius 2 is 2.38 bits per heavy atom. The summed E-state index contributed by atoms with van der Waals surface area (Å²) in [6.07, 6.45) is 0. The van der Waals surface area contributed by atoms with Crippen LogP contribution in [0.2, 0.25) is 0 Å². The summed E-state index contributed by atoms with van der Waals surface area (Å²) in [5.74, 6) is -1.07. The first kappa shape index (κ1) is 16.0. The number of hydrogen-bond donors (Lipinski definition) is 1. The molecule has 0 saturated heterocycles. The Morgan fingerprint density at radius 1 is 1.62 bits per heavy atom. The van der Waals surface area contributed by atoms with Crippen molar-refractivity contribution in [3.8, 4) is 0 Å². The second kappa shape index (κ2) is 7.06. The van der Waals surface area contributed by atoms with Crippen LogP contribution in [0.4, 0.5) is 0 Å². The second-order valence-electron chi connectivity index (χ2n) is 4.40. The number of hydrogen-bond acceptors (Lipinski definition) is 6. The van der Waals surface area contributed by atoms with Crippen LogP contribution >= 0.6 is 23.1 Å². The Balaban J connectivity index is 2.46. The molecule has 0 aromatic carbocycles. The number of carbonyl (C=O) groups is 1. The SMILES string of the molecule is CCOCC(C)n1c(SCC(=O)O)nc2sccc2c1=O. The summed E-state index contributed by atoms with van der Waals surface area (Å²) >= 11 is 2.42. The zero-order valence-electron chi connectivity index (χ0n) is 11.7. The molecule has 21 heavy (non-hydrogen) atoms. The number of fused-ring (bicyclic) bond motifs is 1. The van der Waals surface area contributed by atoms with Gasteiger partial charge in [0.05, 0.1) is 23.8 Å². The number of ether oxygens (including phenoxy) is 1. The predicted molar refractivity (Wildman–Crippen MR) is 83.4 cm³/mol. The topological polar surface area (TPSA) is 81.4 Å². The van der Waals surface area contributed by atoms with Crippen LogP contribution in [0, 0.1) is 0 Å². The van der Waals surface area contributed by atoms with E-state index in [1.165, 1.54) is 15.9 Å². The maximum atomic E-state index is 12.6. The summed E-state index contributed by atoms with van der Waals surface area (Å²) in [6, 6.07) is 1.54. The van der Waals surface area contributed by atoms with Gasteiger partial charge in [0.1, 0.15) is 4.83 Å². The number of aliphatic carboxylic acids is 1. The van der Waals surface area contributed by atoms with Gasteiger partial charge in [-0.05, 0) is 25.3 Å². The minimum atomic E-state index is -0.940. The third kappa shape index (κ3) is 3.63. The molecule has 2 aromatic rings. The largest absolute Gasteiger partial charge is 0.481 e. The molecule has 0 aliphatic heterocycles. The van der Waals surface area contributed by atoms with E-state index < -0.39 is 5.97 Å². The highest BCUT2D eigenvalue weighted by Crippen LogP contribution is 2.23. The molecule has 0 spiro atoms. The minimum absolute atomic E-state index is 0.134. The van der Waals surface area contributed by atoms with Gasteiger partial charge in [0.25, 0.3) is 5.56 Å². The van der Waals surface area contributed by atoms with Gasteiger partial charge in [0.15, 0.2) is 5.16 Å². The summed E-state index contributed by atoms with van der Waals surface area (Å²) in [6.45, 7) is 4.69. The Labute approximate surface area is 129 Å². The van der Waals surface area contributed by atoms with Crippen molar-refractivity contribution in [1.82, 2.24) is 9.55 Å². The van der Waals surface area contributed by atoms with E-state index in [1.54, 1.807) is 6.07 Å².